The predicted octanol–water partition coefficient (Wildman–Crippen LogP) is -0.179. The molecular formula is C7H15ClN2O5S. The van der Waals surface area contributed by atoms with Crippen molar-refractivity contribution in [3.8, 4) is 0 Å². The van der Waals surface area contributed by atoms with Crippen LogP contribution in [0, 0.1) is 0 Å². The molecule has 7 nitrogen and oxygen atoms in total. The van der Waals surface area contributed by atoms with Gasteiger partial charge >= 0.3 is 16.3 Å². The van der Waals surface area contributed by atoms with Crippen LogP contribution in [0.3, 0.4) is 0 Å². The molecule has 0 aromatic heterocycles. The molecule has 0 saturated heterocycles. The molecule has 0 rings (SSSR count). The number of carbonyl (C=O) groups excluding carboxylic acids is 1. The van der Waals surface area contributed by atoms with Crippen molar-refractivity contribution in [1.82, 2.24) is 9.44 Å². The summed E-state index contributed by atoms with van der Waals surface area (Å²) in [7, 11) is -1.31. The van der Waals surface area contributed by atoms with Crippen molar-refractivity contribution in [3.63, 3.8) is 0 Å². The number of rotatable bonds is 7. The van der Waals surface area contributed by atoms with Crippen molar-refractivity contribution < 1.29 is 22.7 Å². The molecule has 0 aliphatic rings. The summed E-state index contributed by atoms with van der Waals surface area (Å²) in [6.07, 6.45) is -0.663. The van der Waals surface area contributed by atoms with Gasteiger partial charge in [0.25, 0.3) is 0 Å². The molecule has 96 valence electrons. The third-order valence-electron chi connectivity index (χ3n) is 1.50. The van der Waals surface area contributed by atoms with Crippen LogP contribution in [-0.4, -0.2) is 47.3 Å². The fraction of sp³-hybridized carbons (Fsp3) is 0.857. The standard InChI is InChI=1S/C7H15ClN2O5S/c1-14-5-6(8)3-4-9-16(12,13)10-7(11)15-2/h6,9H,3-5H2,1-2H3,(H,10,11). The second kappa shape index (κ2) is 7.66. The van der Waals surface area contributed by atoms with E-state index in [1.807, 2.05) is 0 Å². The Morgan fingerprint density at radius 2 is 2.06 bits per heavy atom. The smallest absolute Gasteiger partial charge is 0.421 e. The molecule has 16 heavy (non-hydrogen) atoms. The minimum atomic E-state index is -3.88. The SMILES string of the molecule is COCC(Cl)CCNS(=O)(=O)NC(=O)OC. The van der Waals surface area contributed by atoms with Crippen LogP contribution in [0.5, 0.6) is 0 Å². The molecule has 0 aliphatic carbocycles. The molecule has 2 N–H and O–H groups in total. The van der Waals surface area contributed by atoms with Crippen molar-refractivity contribution in [2.24, 2.45) is 0 Å². The van der Waals surface area contributed by atoms with E-state index in [0.717, 1.165) is 7.11 Å². The summed E-state index contributed by atoms with van der Waals surface area (Å²) in [4.78, 5) is 10.6. The maximum atomic E-state index is 11.1. The van der Waals surface area contributed by atoms with Gasteiger partial charge in [-0.3, -0.25) is 0 Å². The van der Waals surface area contributed by atoms with Gasteiger partial charge in [0.2, 0.25) is 0 Å². The number of nitrogens with one attached hydrogen (secondary N) is 2. The Bertz CT molecular complexity index is 308. The fourth-order valence-electron chi connectivity index (χ4n) is 0.802. The molecular weight excluding hydrogens is 260 g/mol. The average Bonchev–Trinajstić information content (AvgIpc) is 2.16. The minimum Gasteiger partial charge on any atom is -0.452 e. The van der Waals surface area contributed by atoms with Gasteiger partial charge < -0.3 is 9.47 Å². The molecule has 0 bridgehead atoms. The molecule has 0 fully saturated rings. The number of amides is 1. The van der Waals surface area contributed by atoms with Crippen molar-refractivity contribution in [3.05, 3.63) is 0 Å². The second-order valence-corrected chi connectivity index (χ2v) is 4.95. The number of methoxy groups -OCH3 is 2. The molecule has 0 aliphatic heterocycles. The number of halogens is 1. The van der Waals surface area contributed by atoms with Gasteiger partial charge in [0.05, 0.1) is 19.1 Å². The third kappa shape index (κ3) is 7.69. The Balaban J connectivity index is 3.87. The van der Waals surface area contributed by atoms with Crippen LogP contribution >= 0.6 is 11.6 Å². The molecule has 0 saturated carbocycles. The Morgan fingerprint density at radius 3 is 2.56 bits per heavy atom. The number of hydrogen-bond acceptors (Lipinski definition) is 5. The first kappa shape index (κ1) is 15.4. The maximum Gasteiger partial charge on any atom is 0.421 e. The first-order chi connectivity index (χ1) is 7.41. The van der Waals surface area contributed by atoms with Crippen LogP contribution in [0.25, 0.3) is 0 Å². The van der Waals surface area contributed by atoms with Crippen LogP contribution in [0.4, 0.5) is 4.79 Å². The lowest BCUT2D eigenvalue weighted by Crippen LogP contribution is -2.41. The molecule has 1 unspecified atom stereocenters. The van der Waals surface area contributed by atoms with Gasteiger partial charge in [-0.25, -0.2) is 9.52 Å². The van der Waals surface area contributed by atoms with E-state index < -0.39 is 16.3 Å². The van der Waals surface area contributed by atoms with Gasteiger partial charge in [-0.2, -0.15) is 13.1 Å². The van der Waals surface area contributed by atoms with E-state index >= 15 is 0 Å². The quantitative estimate of drug-likeness (QED) is 0.628. The van der Waals surface area contributed by atoms with Crippen molar-refractivity contribution in [2.45, 2.75) is 11.8 Å². The zero-order chi connectivity index (χ0) is 12.6. The maximum absolute atomic E-state index is 11.1. The molecule has 1 amide bonds. The average molecular weight is 275 g/mol. The number of alkyl halides is 1. The molecule has 0 aromatic carbocycles. The summed E-state index contributed by atoms with van der Waals surface area (Å²) < 4.78 is 35.0. The number of ether oxygens (including phenoxy) is 2. The summed E-state index contributed by atoms with van der Waals surface area (Å²) in [5.41, 5.74) is 0. The molecule has 0 heterocycles. The lowest BCUT2D eigenvalue weighted by molar-refractivity contribution is 0.177. The van der Waals surface area contributed by atoms with Gasteiger partial charge in [-0.05, 0) is 6.42 Å². The van der Waals surface area contributed by atoms with Gasteiger partial charge in [0.1, 0.15) is 0 Å². The highest BCUT2D eigenvalue weighted by Crippen LogP contribution is 2.00. The van der Waals surface area contributed by atoms with E-state index in [1.54, 1.807) is 4.72 Å². The normalized spacial score (nSPS) is 13.2. The first-order valence-corrected chi connectivity index (χ1v) is 6.31. The van der Waals surface area contributed by atoms with Gasteiger partial charge in [-0.15, -0.1) is 11.6 Å². The van der Waals surface area contributed by atoms with Crippen LogP contribution in [0.15, 0.2) is 0 Å². The van der Waals surface area contributed by atoms with Crippen LogP contribution in [0.1, 0.15) is 6.42 Å². The molecule has 1 atom stereocenters. The topological polar surface area (TPSA) is 93.7 Å². The van der Waals surface area contributed by atoms with Gasteiger partial charge in [-0.1, -0.05) is 0 Å². The Labute approximate surface area is 99.6 Å². The molecule has 0 spiro atoms. The van der Waals surface area contributed by atoms with E-state index in [9.17, 15) is 13.2 Å². The largest absolute Gasteiger partial charge is 0.452 e. The lowest BCUT2D eigenvalue weighted by atomic mass is 10.3. The highest BCUT2D eigenvalue weighted by molar-refractivity contribution is 7.88. The summed E-state index contributed by atoms with van der Waals surface area (Å²) >= 11 is 5.77. The lowest BCUT2D eigenvalue weighted by Gasteiger charge is -2.09. The fourth-order valence-corrected chi connectivity index (χ4v) is 1.80. The minimum absolute atomic E-state index is 0.101. The Kier molecular flexibility index (Phi) is 7.39. The van der Waals surface area contributed by atoms with E-state index in [-0.39, 0.29) is 11.9 Å². The highest BCUT2D eigenvalue weighted by atomic mass is 35.5. The Morgan fingerprint density at radius 1 is 1.44 bits per heavy atom. The van der Waals surface area contributed by atoms with Crippen LogP contribution in [0.2, 0.25) is 0 Å². The van der Waals surface area contributed by atoms with Gasteiger partial charge in [0.15, 0.2) is 0 Å². The number of carbonyl (C=O) groups is 1. The van der Waals surface area contributed by atoms with Crippen molar-refractivity contribution in [1.29, 1.82) is 0 Å². The Hall–Kier alpha value is -0.570. The summed E-state index contributed by atoms with van der Waals surface area (Å²) in [6, 6.07) is 0. The second-order valence-electron chi connectivity index (χ2n) is 2.83. The van der Waals surface area contributed by atoms with Gasteiger partial charge in [0, 0.05) is 13.7 Å². The summed E-state index contributed by atoms with van der Waals surface area (Å²) in [6.45, 7) is 0.428. The molecule has 9 heteroatoms. The van der Waals surface area contributed by atoms with Crippen molar-refractivity contribution in [2.75, 3.05) is 27.4 Å². The predicted molar refractivity (Wildman–Crippen MR) is 58.6 cm³/mol. The third-order valence-corrected chi connectivity index (χ3v) is 2.86. The zero-order valence-corrected chi connectivity index (χ0v) is 10.6. The number of hydrogen-bond donors (Lipinski definition) is 2. The van der Waals surface area contributed by atoms with Crippen LogP contribution < -0.4 is 9.44 Å². The van der Waals surface area contributed by atoms with Crippen LogP contribution in [-0.2, 0) is 19.7 Å². The molecule has 0 radical (unpaired) electrons. The highest BCUT2D eigenvalue weighted by Gasteiger charge is 2.14. The van der Waals surface area contributed by atoms with E-state index in [2.05, 4.69) is 9.46 Å². The van der Waals surface area contributed by atoms with E-state index in [0.29, 0.717) is 13.0 Å². The molecule has 0 aromatic rings. The van der Waals surface area contributed by atoms with E-state index in [4.69, 9.17) is 16.3 Å². The summed E-state index contributed by atoms with van der Waals surface area (Å²) in [5.74, 6) is 0. The summed E-state index contributed by atoms with van der Waals surface area (Å²) in [5, 5.41) is -0.286. The van der Waals surface area contributed by atoms with E-state index in [1.165, 1.54) is 7.11 Å². The first-order valence-electron chi connectivity index (χ1n) is 4.39. The van der Waals surface area contributed by atoms with Crippen molar-refractivity contribution >= 4 is 27.9 Å². The monoisotopic (exact) mass is 274 g/mol. The zero-order valence-electron chi connectivity index (χ0n) is 9.03.